The number of carbonyl (C=O) groups excluding carboxylic acids is 2. The summed E-state index contributed by atoms with van der Waals surface area (Å²) in [5.74, 6) is -0.896. The van der Waals surface area contributed by atoms with E-state index in [2.05, 4.69) is 4.98 Å². The molecule has 150 valence electrons. The molecule has 2 heterocycles. The molecular formula is C24H20N2O4. The van der Waals surface area contributed by atoms with Gasteiger partial charge in [-0.15, -0.1) is 0 Å². The Morgan fingerprint density at radius 2 is 1.77 bits per heavy atom. The van der Waals surface area contributed by atoms with Crippen LogP contribution in [-0.2, 0) is 16.1 Å². The summed E-state index contributed by atoms with van der Waals surface area (Å²) in [5.41, 5.74) is 2.05. The second-order valence-electron chi connectivity index (χ2n) is 6.93. The first kappa shape index (κ1) is 19.4. The number of likely N-dealkylation sites (tertiary alicyclic amines) is 1. The minimum atomic E-state index is -0.726. The standard InChI is InChI=1S/C24H20N2O4/c1-30-19-11-9-17(10-12-19)21-20(22(27)18-7-3-2-4-8-18)23(28)24(29)26(21)15-16-6-5-13-25-14-16/h2-14,21,27H,15H2,1H3/b22-20-. The number of hydrogen-bond acceptors (Lipinski definition) is 5. The topological polar surface area (TPSA) is 79.7 Å². The molecule has 0 saturated carbocycles. The molecule has 1 aliphatic heterocycles. The summed E-state index contributed by atoms with van der Waals surface area (Å²) in [7, 11) is 1.57. The van der Waals surface area contributed by atoms with Gasteiger partial charge in [0.15, 0.2) is 0 Å². The summed E-state index contributed by atoms with van der Waals surface area (Å²) >= 11 is 0. The summed E-state index contributed by atoms with van der Waals surface area (Å²) in [4.78, 5) is 31.5. The van der Waals surface area contributed by atoms with Gasteiger partial charge >= 0.3 is 0 Å². The summed E-state index contributed by atoms with van der Waals surface area (Å²) in [5, 5.41) is 11.0. The van der Waals surface area contributed by atoms with Crippen LogP contribution in [-0.4, -0.2) is 33.8 Å². The molecule has 1 N–H and O–H groups in total. The van der Waals surface area contributed by atoms with Gasteiger partial charge in [-0.1, -0.05) is 48.5 Å². The Bertz CT molecular complexity index is 1090. The maximum absolute atomic E-state index is 13.0. The van der Waals surface area contributed by atoms with Crippen LogP contribution >= 0.6 is 0 Å². The number of ether oxygens (including phenoxy) is 1. The quantitative estimate of drug-likeness (QED) is 0.401. The van der Waals surface area contributed by atoms with Crippen molar-refractivity contribution in [2.24, 2.45) is 0 Å². The molecule has 1 aliphatic rings. The molecule has 1 fully saturated rings. The zero-order valence-corrected chi connectivity index (χ0v) is 16.4. The van der Waals surface area contributed by atoms with Crippen LogP contribution in [0, 0.1) is 0 Å². The van der Waals surface area contributed by atoms with Gasteiger partial charge in [-0.05, 0) is 29.3 Å². The number of aliphatic hydroxyl groups excluding tert-OH is 1. The monoisotopic (exact) mass is 400 g/mol. The molecule has 3 aromatic rings. The third kappa shape index (κ3) is 3.55. The number of methoxy groups -OCH3 is 1. The fraction of sp³-hybridized carbons (Fsp3) is 0.125. The van der Waals surface area contributed by atoms with Crippen molar-refractivity contribution in [1.82, 2.24) is 9.88 Å². The average Bonchev–Trinajstić information content (AvgIpc) is 3.05. The van der Waals surface area contributed by atoms with E-state index in [0.29, 0.717) is 16.9 Å². The van der Waals surface area contributed by atoms with E-state index in [0.717, 1.165) is 5.56 Å². The number of ketones is 1. The Kier molecular flexibility index (Phi) is 5.30. The van der Waals surface area contributed by atoms with Gasteiger partial charge in [-0.2, -0.15) is 0 Å². The van der Waals surface area contributed by atoms with Crippen molar-refractivity contribution in [2.45, 2.75) is 12.6 Å². The molecule has 0 spiro atoms. The number of hydrogen-bond donors (Lipinski definition) is 1. The smallest absolute Gasteiger partial charge is 0.295 e. The number of pyridine rings is 1. The SMILES string of the molecule is COc1ccc(C2/C(=C(/O)c3ccccc3)C(=O)C(=O)N2Cc2cccnc2)cc1. The van der Waals surface area contributed by atoms with E-state index in [1.807, 2.05) is 12.1 Å². The van der Waals surface area contributed by atoms with E-state index in [9.17, 15) is 14.7 Å². The van der Waals surface area contributed by atoms with Gasteiger partial charge in [-0.3, -0.25) is 14.6 Å². The fourth-order valence-corrected chi connectivity index (χ4v) is 3.62. The van der Waals surface area contributed by atoms with Crippen LogP contribution in [0.2, 0.25) is 0 Å². The van der Waals surface area contributed by atoms with Crippen molar-refractivity contribution < 1.29 is 19.4 Å². The second kappa shape index (κ2) is 8.21. The van der Waals surface area contributed by atoms with Gasteiger partial charge in [0.2, 0.25) is 0 Å². The molecule has 0 radical (unpaired) electrons. The first-order valence-corrected chi connectivity index (χ1v) is 9.47. The molecule has 6 heteroatoms. The number of carbonyl (C=O) groups is 2. The Morgan fingerprint density at radius 3 is 2.40 bits per heavy atom. The van der Waals surface area contributed by atoms with E-state index in [1.54, 1.807) is 74.1 Å². The predicted molar refractivity (Wildman–Crippen MR) is 112 cm³/mol. The molecular weight excluding hydrogens is 380 g/mol. The molecule has 4 rings (SSSR count). The third-order valence-electron chi connectivity index (χ3n) is 5.09. The van der Waals surface area contributed by atoms with Crippen molar-refractivity contribution in [1.29, 1.82) is 0 Å². The van der Waals surface area contributed by atoms with Crippen molar-refractivity contribution in [3.05, 3.63) is 101 Å². The van der Waals surface area contributed by atoms with Gasteiger partial charge in [0, 0.05) is 24.5 Å². The predicted octanol–water partition coefficient (Wildman–Crippen LogP) is 3.71. The zero-order valence-electron chi connectivity index (χ0n) is 16.4. The van der Waals surface area contributed by atoms with Gasteiger partial charge in [0.1, 0.15) is 11.5 Å². The molecule has 1 aromatic heterocycles. The van der Waals surface area contributed by atoms with Gasteiger partial charge < -0.3 is 14.7 Å². The lowest BCUT2D eigenvalue weighted by atomic mass is 9.95. The van der Waals surface area contributed by atoms with E-state index in [-0.39, 0.29) is 17.9 Å². The number of Topliss-reactive ketones (excluding diaryl/α,β-unsaturated/α-hetero) is 1. The normalized spacial score (nSPS) is 17.9. The highest BCUT2D eigenvalue weighted by Gasteiger charge is 2.46. The Morgan fingerprint density at radius 1 is 1.03 bits per heavy atom. The summed E-state index contributed by atoms with van der Waals surface area (Å²) in [6.45, 7) is 0.195. The number of nitrogens with zero attached hydrogens (tertiary/aromatic N) is 2. The van der Waals surface area contributed by atoms with Gasteiger partial charge in [-0.25, -0.2) is 0 Å². The van der Waals surface area contributed by atoms with Crippen LogP contribution in [0.5, 0.6) is 5.75 Å². The summed E-state index contributed by atoms with van der Waals surface area (Å²) in [6.07, 6.45) is 3.30. The maximum Gasteiger partial charge on any atom is 0.295 e. The van der Waals surface area contributed by atoms with Crippen molar-refractivity contribution >= 4 is 17.4 Å². The maximum atomic E-state index is 13.0. The molecule has 1 atom stereocenters. The number of benzene rings is 2. The average molecular weight is 400 g/mol. The van der Waals surface area contributed by atoms with Crippen LogP contribution < -0.4 is 4.74 Å². The van der Waals surface area contributed by atoms with E-state index in [1.165, 1.54) is 4.90 Å². The fourth-order valence-electron chi connectivity index (χ4n) is 3.62. The summed E-state index contributed by atoms with van der Waals surface area (Å²) < 4.78 is 5.22. The lowest BCUT2D eigenvalue weighted by molar-refractivity contribution is -0.140. The van der Waals surface area contributed by atoms with Crippen LogP contribution in [0.3, 0.4) is 0 Å². The second-order valence-corrected chi connectivity index (χ2v) is 6.93. The van der Waals surface area contributed by atoms with Gasteiger partial charge in [0.05, 0.1) is 18.7 Å². The number of aliphatic hydroxyl groups is 1. The molecule has 1 amide bonds. The van der Waals surface area contributed by atoms with Crippen molar-refractivity contribution in [2.75, 3.05) is 7.11 Å². The molecule has 30 heavy (non-hydrogen) atoms. The Labute approximate surface area is 174 Å². The number of rotatable bonds is 5. The van der Waals surface area contributed by atoms with E-state index < -0.39 is 17.7 Å². The highest BCUT2D eigenvalue weighted by molar-refractivity contribution is 6.46. The molecule has 1 saturated heterocycles. The lowest BCUT2D eigenvalue weighted by Crippen LogP contribution is -2.29. The highest BCUT2D eigenvalue weighted by Crippen LogP contribution is 2.40. The van der Waals surface area contributed by atoms with E-state index >= 15 is 0 Å². The number of aromatic nitrogens is 1. The molecule has 0 aliphatic carbocycles. The molecule has 1 unspecified atom stereocenters. The lowest BCUT2D eigenvalue weighted by Gasteiger charge is -2.25. The summed E-state index contributed by atoms with van der Waals surface area (Å²) in [6, 6.07) is 18.8. The molecule has 6 nitrogen and oxygen atoms in total. The third-order valence-corrected chi connectivity index (χ3v) is 5.09. The minimum Gasteiger partial charge on any atom is -0.507 e. The van der Waals surface area contributed by atoms with Crippen molar-refractivity contribution in [3.8, 4) is 5.75 Å². The Hall–Kier alpha value is -3.93. The van der Waals surface area contributed by atoms with E-state index in [4.69, 9.17) is 4.74 Å². The van der Waals surface area contributed by atoms with Crippen LogP contribution in [0.4, 0.5) is 0 Å². The molecule has 0 bridgehead atoms. The Balaban J connectivity index is 1.85. The van der Waals surface area contributed by atoms with Gasteiger partial charge in [0.25, 0.3) is 11.7 Å². The minimum absolute atomic E-state index is 0.0697. The highest BCUT2D eigenvalue weighted by atomic mass is 16.5. The molecule has 2 aromatic carbocycles. The first-order chi connectivity index (χ1) is 14.6. The number of amides is 1. The van der Waals surface area contributed by atoms with Crippen LogP contribution in [0.1, 0.15) is 22.7 Å². The van der Waals surface area contributed by atoms with Crippen LogP contribution in [0.25, 0.3) is 5.76 Å². The largest absolute Gasteiger partial charge is 0.507 e. The zero-order chi connectivity index (χ0) is 21.1. The van der Waals surface area contributed by atoms with Crippen molar-refractivity contribution in [3.63, 3.8) is 0 Å². The van der Waals surface area contributed by atoms with Crippen LogP contribution in [0.15, 0.2) is 84.7 Å². The first-order valence-electron chi connectivity index (χ1n) is 9.47.